The Kier molecular flexibility index (Phi) is 5.54. The second-order valence-electron chi connectivity index (χ2n) is 8.46. The molecule has 0 bridgehead atoms. The van der Waals surface area contributed by atoms with Gasteiger partial charge in [-0.1, -0.05) is 12.1 Å². The lowest BCUT2D eigenvalue weighted by molar-refractivity contribution is -0.136. The van der Waals surface area contributed by atoms with E-state index in [0.29, 0.717) is 42.6 Å². The molecule has 1 aliphatic heterocycles. The lowest BCUT2D eigenvalue weighted by Gasteiger charge is -2.30. The van der Waals surface area contributed by atoms with Crippen molar-refractivity contribution in [2.24, 2.45) is 0 Å². The summed E-state index contributed by atoms with van der Waals surface area (Å²) in [6, 6.07) is 7.44. The molecular formula is C24H21F3N6O2. The van der Waals surface area contributed by atoms with E-state index in [0.717, 1.165) is 17.2 Å². The van der Waals surface area contributed by atoms with E-state index in [1.165, 1.54) is 17.2 Å². The summed E-state index contributed by atoms with van der Waals surface area (Å²) in [5.41, 5.74) is 7.80. The molecule has 5 rings (SSSR count). The molecule has 1 amide bonds. The van der Waals surface area contributed by atoms with Gasteiger partial charge in [-0.15, -0.1) is 0 Å². The standard InChI is InChI=1S/C24H21F3N6O2/c25-24(26,27)20-3-1-2-14-9-21(29-12-19(14)20)18-8-15(10-30-22(18)28)16-11-31-33(13-16)17-4-6-32(7-5-17)23(34)35/h1-3,8-13,17H,4-7H2,(H2,28,30)(H,34,35). The first kappa shape index (κ1) is 22.6. The van der Waals surface area contributed by atoms with Crippen LogP contribution in [0.4, 0.5) is 23.8 Å². The molecule has 11 heteroatoms. The maximum atomic E-state index is 13.3. The Hall–Kier alpha value is -4.15. The molecule has 1 aromatic carbocycles. The molecule has 1 aliphatic rings. The van der Waals surface area contributed by atoms with Crippen molar-refractivity contribution in [3.8, 4) is 22.4 Å². The fraction of sp³-hybridized carbons (Fsp3) is 0.250. The van der Waals surface area contributed by atoms with E-state index >= 15 is 0 Å². The van der Waals surface area contributed by atoms with Crippen LogP contribution in [0.2, 0.25) is 0 Å². The summed E-state index contributed by atoms with van der Waals surface area (Å²) < 4.78 is 41.9. The van der Waals surface area contributed by atoms with Crippen LogP contribution in [-0.4, -0.2) is 48.9 Å². The number of hydrogen-bond donors (Lipinski definition) is 2. The van der Waals surface area contributed by atoms with Gasteiger partial charge in [-0.25, -0.2) is 9.78 Å². The molecule has 1 fully saturated rings. The van der Waals surface area contributed by atoms with Gasteiger partial charge in [0, 0.05) is 53.8 Å². The molecule has 1 saturated heterocycles. The van der Waals surface area contributed by atoms with Crippen molar-refractivity contribution >= 4 is 22.7 Å². The van der Waals surface area contributed by atoms with Gasteiger partial charge < -0.3 is 15.7 Å². The molecule has 0 atom stereocenters. The number of fused-ring (bicyclic) bond motifs is 1. The third kappa shape index (κ3) is 4.36. The molecule has 8 nitrogen and oxygen atoms in total. The first-order valence-corrected chi connectivity index (χ1v) is 10.9. The minimum Gasteiger partial charge on any atom is -0.465 e. The van der Waals surface area contributed by atoms with Gasteiger partial charge in [0.15, 0.2) is 0 Å². The van der Waals surface area contributed by atoms with Gasteiger partial charge in [-0.05, 0) is 36.4 Å². The van der Waals surface area contributed by atoms with E-state index in [1.54, 1.807) is 30.6 Å². The van der Waals surface area contributed by atoms with Crippen molar-refractivity contribution in [3.63, 3.8) is 0 Å². The van der Waals surface area contributed by atoms with E-state index in [1.807, 2.05) is 10.9 Å². The molecule has 0 unspecified atom stereocenters. The molecule has 0 saturated carbocycles. The van der Waals surface area contributed by atoms with Gasteiger partial charge in [0.25, 0.3) is 0 Å². The predicted molar refractivity (Wildman–Crippen MR) is 123 cm³/mol. The molecule has 3 N–H and O–H groups in total. The van der Waals surface area contributed by atoms with Gasteiger partial charge in [-0.3, -0.25) is 9.67 Å². The van der Waals surface area contributed by atoms with Gasteiger partial charge in [0.1, 0.15) is 5.82 Å². The Morgan fingerprint density at radius 3 is 2.54 bits per heavy atom. The molecule has 180 valence electrons. The topological polar surface area (TPSA) is 110 Å². The number of carbonyl (C=O) groups is 1. The summed E-state index contributed by atoms with van der Waals surface area (Å²) in [7, 11) is 0. The molecule has 4 heterocycles. The maximum Gasteiger partial charge on any atom is 0.417 e. The van der Waals surface area contributed by atoms with Crippen molar-refractivity contribution in [2.75, 3.05) is 18.8 Å². The highest BCUT2D eigenvalue weighted by molar-refractivity contribution is 5.90. The first-order valence-electron chi connectivity index (χ1n) is 10.9. The normalized spacial score (nSPS) is 15.0. The average molecular weight is 482 g/mol. The molecular weight excluding hydrogens is 461 g/mol. The summed E-state index contributed by atoms with van der Waals surface area (Å²) >= 11 is 0. The Bertz CT molecular complexity index is 1410. The van der Waals surface area contributed by atoms with Crippen molar-refractivity contribution in [1.82, 2.24) is 24.6 Å². The number of nitrogen functional groups attached to an aromatic ring is 1. The first-order chi connectivity index (χ1) is 16.7. The maximum absolute atomic E-state index is 13.3. The zero-order valence-electron chi connectivity index (χ0n) is 18.4. The summed E-state index contributed by atoms with van der Waals surface area (Å²) in [5.74, 6) is 0.209. The van der Waals surface area contributed by atoms with Crippen LogP contribution in [0, 0.1) is 0 Å². The van der Waals surface area contributed by atoms with E-state index in [9.17, 15) is 18.0 Å². The van der Waals surface area contributed by atoms with Crippen molar-refractivity contribution in [2.45, 2.75) is 25.1 Å². The third-order valence-corrected chi connectivity index (χ3v) is 6.31. The minimum absolute atomic E-state index is 0.0154. The number of aromatic nitrogens is 4. The van der Waals surface area contributed by atoms with Crippen LogP contribution in [0.1, 0.15) is 24.4 Å². The van der Waals surface area contributed by atoms with E-state index in [2.05, 4.69) is 15.1 Å². The fourth-order valence-corrected chi connectivity index (χ4v) is 4.41. The fourth-order valence-electron chi connectivity index (χ4n) is 4.41. The zero-order chi connectivity index (χ0) is 24.7. The van der Waals surface area contributed by atoms with Crippen LogP contribution in [0.15, 0.2) is 55.1 Å². The predicted octanol–water partition coefficient (Wildman–Crippen LogP) is 5.08. The molecule has 0 aliphatic carbocycles. The van der Waals surface area contributed by atoms with Crippen LogP contribution >= 0.6 is 0 Å². The number of nitrogens with two attached hydrogens (primary N) is 1. The summed E-state index contributed by atoms with van der Waals surface area (Å²) in [6.07, 6.45) is 2.33. The molecule has 0 radical (unpaired) electrons. The third-order valence-electron chi connectivity index (χ3n) is 6.31. The number of pyridine rings is 2. The highest BCUT2D eigenvalue weighted by Gasteiger charge is 2.32. The Balaban J connectivity index is 1.44. The number of alkyl halides is 3. The SMILES string of the molecule is Nc1ncc(-c2cnn(C3CCN(C(=O)O)CC3)c2)cc1-c1cc2cccc(C(F)(F)F)c2cn1. The number of piperidine rings is 1. The van der Waals surface area contributed by atoms with Crippen LogP contribution in [0.3, 0.4) is 0 Å². The van der Waals surface area contributed by atoms with E-state index in [4.69, 9.17) is 10.8 Å². The van der Waals surface area contributed by atoms with Gasteiger partial charge in [-0.2, -0.15) is 18.3 Å². The van der Waals surface area contributed by atoms with Crippen LogP contribution in [0.5, 0.6) is 0 Å². The second kappa shape index (κ2) is 8.57. The van der Waals surface area contributed by atoms with Gasteiger partial charge >= 0.3 is 12.3 Å². The molecule has 4 aromatic rings. The van der Waals surface area contributed by atoms with Crippen molar-refractivity contribution in [3.05, 3.63) is 60.7 Å². The Labute approximate surface area is 197 Å². The number of hydrogen-bond acceptors (Lipinski definition) is 5. The Morgan fingerprint density at radius 2 is 1.83 bits per heavy atom. The average Bonchev–Trinajstić information content (AvgIpc) is 3.33. The summed E-state index contributed by atoms with van der Waals surface area (Å²) in [6.45, 7) is 0.902. The van der Waals surface area contributed by atoms with Crippen molar-refractivity contribution < 1.29 is 23.1 Å². The lowest BCUT2D eigenvalue weighted by atomic mass is 10.0. The largest absolute Gasteiger partial charge is 0.465 e. The van der Waals surface area contributed by atoms with Crippen LogP contribution < -0.4 is 5.73 Å². The number of rotatable bonds is 3. The number of likely N-dealkylation sites (tertiary alicyclic amines) is 1. The number of halogens is 3. The monoisotopic (exact) mass is 482 g/mol. The number of benzene rings is 1. The van der Waals surface area contributed by atoms with Gasteiger partial charge in [0.05, 0.1) is 23.5 Å². The molecule has 35 heavy (non-hydrogen) atoms. The lowest BCUT2D eigenvalue weighted by Crippen LogP contribution is -2.38. The zero-order valence-corrected chi connectivity index (χ0v) is 18.4. The van der Waals surface area contributed by atoms with Crippen LogP contribution in [-0.2, 0) is 6.18 Å². The van der Waals surface area contributed by atoms with Gasteiger partial charge in [0.2, 0.25) is 0 Å². The second-order valence-corrected chi connectivity index (χ2v) is 8.46. The highest BCUT2D eigenvalue weighted by atomic mass is 19.4. The smallest absolute Gasteiger partial charge is 0.417 e. The summed E-state index contributed by atoms with van der Waals surface area (Å²) in [5, 5.41) is 14.0. The van der Waals surface area contributed by atoms with Crippen molar-refractivity contribution in [1.29, 1.82) is 0 Å². The number of anilines is 1. The highest BCUT2D eigenvalue weighted by Crippen LogP contribution is 2.36. The molecule has 3 aromatic heterocycles. The summed E-state index contributed by atoms with van der Waals surface area (Å²) in [4.78, 5) is 21.0. The van der Waals surface area contributed by atoms with E-state index in [-0.39, 0.29) is 17.2 Å². The minimum atomic E-state index is -4.48. The number of nitrogens with zero attached hydrogens (tertiary/aromatic N) is 5. The van der Waals surface area contributed by atoms with Crippen LogP contribution in [0.25, 0.3) is 33.2 Å². The number of carboxylic acid groups (broad SMARTS) is 1. The molecule has 0 spiro atoms. The van der Waals surface area contributed by atoms with E-state index < -0.39 is 17.8 Å². The number of amides is 1. The Morgan fingerprint density at radius 1 is 1.06 bits per heavy atom. The quantitative estimate of drug-likeness (QED) is 0.422.